The monoisotopic (exact) mass is 384 g/mol. The molecule has 5 heteroatoms. The average Bonchev–Trinajstić information content (AvgIpc) is 2.62. The number of amides is 1. The number of hydrogen-bond donors (Lipinski definition) is 3. The molecule has 0 aromatic carbocycles. The molecule has 4 N–H and O–H groups in total. The highest BCUT2D eigenvalue weighted by atomic mass is 16.4. The lowest BCUT2D eigenvalue weighted by Crippen LogP contribution is -2.41. The van der Waals surface area contributed by atoms with Crippen molar-refractivity contribution in [3.05, 3.63) is 0 Å². The third kappa shape index (κ3) is 21.1. The number of nitrogens with two attached hydrogens (primary N) is 1. The predicted molar refractivity (Wildman–Crippen MR) is 113 cm³/mol. The molecule has 0 fully saturated rings. The Balaban J connectivity index is 3.30. The molecule has 0 unspecified atom stereocenters. The molecule has 5 nitrogen and oxygen atoms in total. The summed E-state index contributed by atoms with van der Waals surface area (Å²) in [6.45, 7) is 2.26. The van der Waals surface area contributed by atoms with E-state index in [0.717, 1.165) is 19.3 Å². The fourth-order valence-electron chi connectivity index (χ4n) is 3.29. The second kappa shape index (κ2) is 19.7. The Hall–Kier alpha value is -1.10. The second-order valence-electron chi connectivity index (χ2n) is 7.81. The summed E-state index contributed by atoms with van der Waals surface area (Å²) < 4.78 is 0. The van der Waals surface area contributed by atoms with E-state index < -0.39 is 5.97 Å². The van der Waals surface area contributed by atoms with Crippen LogP contribution >= 0.6 is 0 Å². The van der Waals surface area contributed by atoms with Crippen LogP contribution in [0, 0.1) is 0 Å². The molecule has 0 aliphatic heterocycles. The van der Waals surface area contributed by atoms with Gasteiger partial charge >= 0.3 is 5.97 Å². The Bertz CT molecular complexity index is 361. The quantitative estimate of drug-likeness (QED) is 0.190. The Morgan fingerprint density at radius 3 is 1.67 bits per heavy atom. The first-order chi connectivity index (χ1) is 13.1. The number of carbonyl (C=O) groups excluding carboxylic acids is 1. The van der Waals surface area contributed by atoms with E-state index >= 15 is 0 Å². The van der Waals surface area contributed by atoms with Gasteiger partial charge in [0, 0.05) is 12.8 Å². The molecule has 27 heavy (non-hydrogen) atoms. The van der Waals surface area contributed by atoms with Crippen molar-refractivity contribution in [2.75, 3.05) is 0 Å². The van der Waals surface area contributed by atoms with Gasteiger partial charge in [-0.25, -0.2) is 0 Å². The molecule has 1 amide bonds. The normalized spacial score (nSPS) is 12.1. The van der Waals surface area contributed by atoms with E-state index in [4.69, 9.17) is 10.8 Å². The van der Waals surface area contributed by atoms with E-state index in [2.05, 4.69) is 12.2 Å². The Morgan fingerprint density at radius 1 is 0.741 bits per heavy atom. The van der Waals surface area contributed by atoms with Crippen LogP contribution in [0.1, 0.15) is 122 Å². The van der Waals surface area contributed by atoms with Crippen molar-refractivity contribution < 1.29 is 14.7 Å². The minimum absolute atomic E-state index is 0.0174. The standard InChI is InChI=1S/C22H44N2O3/c1-2-3-4-5-6-7-8-9-10-11-12-13-14-18-21(25)24-20(23)17-15-16-19-22(26)27/h20H,2-19,23H2,1H3,(H,24,25)(H,26,27)/t20-/m0/s1. The molecule has 0 spiro atoms. The number of carbonyl (C=O) groups is 2. The molecular formula is C22H44N2O3. The van der Waals surface area contributed by atoms with Gasteiger partial charge in [0.2, 0.25) is 5.91 Å². The number of nitrogens with one attached hydrogen (secondary N) is 1. The number of carboxylic acids is 1. The summed E-state index contributed by atoms with van der Waals surface area (Å²) in [5, 5.41) is 11.4. The van der Waals surface area contributed by atoms with E-state index in [1.54, 1.807) is 0 Å². The lowest BCUT2D eigenvalue weighted by Gasteiger charge is -2.13. The van der Waals surface area contributed by atoms with Crippen molar-refractivity contribution in [3.63, 3.8) is 0 Å². The molecule has 0 radical (unpaired) electrons. The van der Waals surface area contributed by atoms with E-state index in [0.29, 0.717) is 19.3 Å². The molecule has 0 saturated heterocycles. The smallest absolute Gasteiger partial charge is 0.303 e. The maximum absolute atomic E-state index is 11.8. The van der Waals surface area contributed by atoms with Crippen molar-refractivity contribution >= 4 is 11.9 Å². The molecule has 0 aromatic rings. The summed E-state index contributed by atoms with van der Waals surface area (Å²) in [6, 6.07) is 0. The van der Waals surface area contributed by atoms with Gasteiger partial charge in [0.25, 0.3) is 0 Å². The Labute approximate surface area is 166 Å². The first-order valence-electron chi connectivity index (χ1n) is 11.3. The van der Waals surface area contributed by atoms with Gasteiger partial charge in [0.05, 0.1) is 6.17 Å². The minimum atomic E-state index is -0.782. The highest BCUT2D eigenvalue weighted by Crippen LogP contribution is 2.13. The molecule has 0 bridgehead atoms. The Morgan fingerprint density at radius 2 is 1.19 bits per heavy atom. The molecule has 0 aliphatic rings. The lowest BCUT2D eigenvalue weighted by atomic mass is 10.0. The molecule has 0 aromatic heterocycles. The topological polar surface area (TPSA) is 92.4 Å². The van der Waals surface area contributed by atoms with Gasteiger partial charge < -0.3 is 16.2 Å². The lowest BCUT2D eigenvalue weighted by molar-refractivity contribution is -0.137. The van der Waals surface area contributed by atoms with Crippen molar-refractivity contribution in [3.8, 4) is 0 Å². The molecule has 0 rings (SSSR count). The number of hydrogen-bond acceptors (Lipinski definition) is 3. The van der Waals surface area contributed by atoms with Crippen molar-refractivity contribution in [2.24, 2.45) is 5.73 Å². The van der Waals surface area contributed by atoms with Crippen LogP contribution in [0.15, 0.2) is 0 Å². The fourth-order valence-corrected chi connectivity index (χ4v) is 3.29. The maximum atomic E-state index is 11.8. The van der Waals surface area contributed by atoms with Crippen LogP contribution in [0.25, 0.3) is 0 Å². The van der Waals surface area contributed by atoms with E-state index in [9.17, 15) is 9.59 Å². The van der Waals surface area contributed by atoms with Crippen LogP contribution in [0.4, 0.5) is 0 Å². The summed E-state index contributed by atoms with van der Waals surface area (Å²) in [6.07, 6.45) is 19.2. The molecule has 1 atom stereocenters. The van der Waals surface area contributed by atoms with Crippen LogP contribution in [-0.2, 0) is 9.59 Å². The van der Waals surface area contributed by atoms with Gasteiger partial charge in [0.15, 0.2) is 0 Å². The maximum Gasteiger partial charge on any atom is 0.303 e. The third-order valence-electron chi connectivity index (χ3n) is 5.01. The fraction of sp³-hybridized carbons (Fsp3) is 0.909. The highest BCUT2D eigenvalue weighted by molar-refractivity contribution is 5.76. The van der Waals surface area contributed by atoms with Gasteiger partial charge in [-0.1, -0.05) is 84.0 Å². The van der Waals surface area contributed by atoms with Crippen LogP contribution < -0.4 is 11.1 Å². The first-order valence-corrected chi connectivity index (χ1v) is 11.3. The van der Waals surface area contributed by atoms with Crippen molar-refractivity contribution in [2.45, 2.75) is 129 Å². The van der Waals surface area contributed by atoms with Gasteiger partial charge in [-0.05, 0) is 25.7 Å². The number of rotatable bonds is 20. The molecule has 0 heterocycles. The van der Waals surface area contributed by atoms with E-state index in [1.165, 1.54) is 70.6 Å². The Kier molecular flexibility index (Phi) is 18.9. The first kappa shape index (κ1) is 25.9. The number of aliphatic carboxylic acids is 1. The second-order valence-corrected chi connectivity index (χ2v) is 7.81. The molecule has 0 aliphatic carbocycles. The number of unbranched alkanes of at least 4 members (excludes halogenated alkanes) is 13. The van der Waals surface area contributed by atoms with Crippen LogP contribution in [0.5, 0.6) is 0 Å². The van der Waals surface area contributed by atoms with Gasteiger partial charge in [-0.15, -0.1) is 0 Å². The molecule has 0 saturated carbocycles. The molecular weight excluding hydrogens is 340 g/mol. The van der Waals surface area contributed by atoms with Gasteiger partial charge in [0.1, 0.15) is 0 Å². The van der Waals surface area contributed by atoms with Crippen molar-refractivity contribution in [1.29, 1.82) is 0 Å². The minimum Gasteiger partial charge on any atom is -0.481 e. The van der Waals surface area contributed by atoms with Crippen LogP contribution in [-0.4, -0.2) is 23.1 Å². The summed E-state index contributed by atoms with van der Waals surface area (Å²) in [5.41, 5.74) is 5.86. The van der Waals surface area contributed by atoms with E-state index in [-0.39, 0.29) is 18.5 Å². The molecule has 160 valence electrons. The SMILES string of the molecule is CCCCCCCCCCCCCCCC(=O)N[C@H](N)CCCCC(=O)O. The predicted octanol–water partition coefficient (Wildman–Crippen LogP) is 5.51. The summed E-state index contributed by atoms with van der Waals surface area (Å²) in [5.74, 6) is -0.765. The van der Waals surface area contributed by atoms with Crippen LogP contribution in [0.2, 0.25) is 0 Å². The van der Waals surface area contributed by atoms with E-state index in [1.807, 2.05) is 0 Å². The number of carboxylic acid groups (broad SMARTS) is 1. The zero-order chi connectivity index (χ0) is 20.2. The largest absolute Gasteiger partial charge is 0.481 e. The van der Waals surface area contributed by atoms with Crippen LogP contribution in [0.3, 0.4) is 0 Å². The van der Waals surface area contributed by atoms with Gasteiger partial charge in [-0.3, -0.25) is 9.59 Å². The van der Waals surface area contributed by atoms with Gasteiger partial charge in [-0.2, -0.15) is 0 Å². The average molecular weight is 385 g/mol. The highest BCUT2D eigenvalue weighted by Gasteiger charge is 2.07. The van der Waals surface area contributed by atoms with Crippen molar-refractivity contribution in [1.82, 2.24) is 5.32 Å². The summed E-state index contributed by atoms with van der Waals surface area (Å²) >= 11 is 0. The zero-order valence-corrected chi connectivity index (χ0v) is 17.6. The third-order valence-corrected chi connectivity index (χ3v) is 5.01. The zero-order valence-electron chi connectivity index (χ0n) is 17.6. The summed E-state index contributed by atoms with van der Waals surface area (Å²) in [7, 11) is 0. The summed E-state index contributed by atoms with van der Waals surface area (Å²) in [4.78, 5) is 22.2.